The Hall–Kier alpha value is -1.41. The van der Waals surface area contributed by atoms with Gasteiger partial charge in [-0.05, 0) is 48.9 Å². The van der Waals surface area contributed by atoms with Crippen molar-refractivity contribution in [2.75, 3.05) is 33.1 Å². The minimum atomic E-state index is -3.67. The van der Waals surface area contributed by atoms with E-state index in [1.54, 1.807) is 5.56 Å². The molecule has 2 N–H and O–H groups in total. The molecule has 1 fully saturated rings. The van der Waals surface area contributed by atoms with Gasteiger partial charge in [-0.3, -0.25) is 9.45 Å². The summed E-state index contributed by atoms with van der Waals surface area (Å²) in [6.45, 7) is 5.58. The molecule has 0 bridgehead atoms. The lowest BCUT2D eigenvalue weighted by molar-refractivity contribution is 0.0428. The number of hydrogen-bond donors (Lipinski definition) is 2. The standard InChI is InChI=1S/C19H26N2O.CH4O3S/c1-3-7-21-11-13(12-22-2)8-16-15-5-4-6-17-19(15)14(10-20-17)9-18(16)21;1-5(2,3)4/h4-6,10,13,16,18,20H,3,7-9,11-12H2,1-2H3;1H3,(H,2,3,4)/t13-,16?,18-;/m1./s1. The van der Waals surface area contributed by atoms with Crippen LogP contribution in [0.2, 0.25) is 0 Å². The fourth-order valence-electron chi connectivity index (χ4n) is 4.80. The lowest BCUT2D eigenvalue weighted by atomic mass is 9.72. The predicted octanol–water partition coefficient (Wildman–Crippen LogP) is 3.06. The molecular formula is C20H30N2O4S. The summed E-state index contributed by atoms with van der Waals surface area (Å²) < 4.78 is 31.4. The molecule has 2 aliphatic rings. The van der Waals surface area contributed by atoms with Gasteiger partial charge in [-0.2, -0.15) is 8.42 Å². The van der Waals surface area contributed by atoms with Crippen LogP contribution in [0, 0.1) is 5.92 Å². The second-order valence-corrected chi connectivity index (χ2v) is 9.21. The third-order valence-electron chi connectivity index (χ3n) is 5.57. The van der Waals surface area contributed by atoms with Gasteiger partial charge in [-0.15, -0.1) is 0 Å². The first-order chi connectivity index (χ1) is 12.8. The number of methoxy groups -OCH3 is 1. The van der Waals surface area contributed by atoms with E-state index in [1.807, 2.05) is 7.11 Å². The third kappa shape index (κ3) is 4.71. The van der Waals surface area contributed by atoms with Crippen LogP contribution in [0.4, 0.5) is 0 Å². The van der Waals surface area contributed by atoms with Crippen molar-refractivity contribution >= 4 is 21.0 Å². The molecular weight excluding hydrogens is 364 g/mol. The van der Waals surface area contributed by atoms with Gasteiger partial charge in [0.2, 0.25) is 0 Å². The molecule has 1 saturated heterocycles. The topological polar surface area (TPSA) is 82.6 Å². The highest BCUT2D eigenvalue weighted by molar-refractivity contribution is 7.85. The monoisotopic (exact) mass is 394 g/mol. The van der Waals surface area contributed by atoms with Crippen LogP contribution in [0.5, 0.6) is 0 Å². The molecule has 4 rings (SSSR count). The van der Waals surface area contributed by atoms with Crippen LogP contribution in [-0.2, 0) is 21.3 Å². The molecule has 150 valence electrons. The molecule has 1 unspecified atom stereocenters. The zero-order valence-electron chi connectivity index (χ0n) is 16.3. The van der Waals surface area contributed by atoms with E-state index >= 15 is 0 Å². The summed E-state index contributed by atoms with van der Waals surface area (Å²) in [4.78, 5) is 6.20. The Labute approximate surface area is 161 Å². The van der Waals surface area contributed by atoms with Crippen molar-refractivity contribution in [1.82, 2.24) is 9.88 Å². The number of H-pyrrole nitrogens is 1. The van der Waals surface area contributed by atoms with Crippen molar-refractivity contribution < 1.29 is 17.7 Å². The summed E-state index contributed by atoms with van der Waals surface area (Å²) in [6.07, 6.45) is 6.64. The number of ether oxygens (including phenoxy) is 1. The summed E-state index contributed by atoms with van der Waals surface area (Å²) in [6, 6.07) is 7.45. The van der Waals surface area contributed by atoms with Crippen LogP contribution >= 0.6 is 0 Å². The molecule has 0 spiro atoms. The quantitative estimate of drug-likeness (QED) is 0.779. The minimum Gasteiger partial charge on any atom is -0.384 e. The van der Waals surface area contributed by atoms with Gasteiger partial charge in [0.15, 0.2) is 0 Å². The number of likely N-dealkylation sites (tertiary alicyclic amines) is 1. The Bertz CT molecular complexity index is 869. The minimum absolute atomic E-state index is 0.660. The fourth-order valence-corrected chi connectivity index (χ4v) is 4.80. The summed E-state index contributed by atoms with van der Waals surface area (Å²) in [5.74, 6) is 1.32. The van der Waals surface area contributed by atoms with Crippen molar-refractivity contribution in [1.29, 1.82) is 0 Å². The van der Waals surface area contributed by atoms with Crippen molar-refractivity contribution in [2.24, 2.45) is 5.92 Å². The van der Waals surface area contributed by atoms with E-state index in [0.717, 1.165) is 6.61 Å². The van der Waals surface area contributed by atoms with Gasteiger partial charge in [0, 0.05) is 42.7 Å². The largest absolute Gasteiger partial charge is 0.384 e. The Morgan fingerprint density at radius 3 is 2.78 bits per heavy atom. The van der Waals surface area contributed by atoms with E-state index in [1.165, 1.54) is 48.8 Å². The number of aromatic amines is 1. The molecule has 1 aliphatic heterocycles. The Balaban J connectivity index is 0.000000376. The molecule has 2 aromatic rings. The lowest BCUT2D eigenvalue weighted by Gasteiger charge is -2.47. The van der Waals surface area contributed by atoms with Gasteiger partial charge in [0.1, 0.15) is 0 Å². The van der Waals surface area contributed by atoms with Gasteiger partial charge >= 0.3 is 0 Å². The van der Waals surface area contributed by atoms with Crippen molar-refractivity contribution in [3.05, 3.63) is 35.5 Å². The molecule has 1 aromatic heterocycles. The molecule has 27 heavy (non-hydrogen) atoms. The summed E-state index contributed by atoms with van der Waals surface area (Å²) in [5, 5.41) is 1.50. The smallest absolute Gasteiger partial charge is 0.261 e. The number of rotatable bonds is 4. The first-order valence-corrected chi connectivity index (χ1v) is 11.4. The summed E-state index contributed by atoms with van der Waals surface area (Å²) in [7, 11) is -1.83. The number of fused-ring (bicyclic) bond motifs is 2. The van der Waals surface area contributed by atoms with Crippen LogP contribution in [0.1, 0.15) is 36.8 Å². The maximum atomic E-state index is 9.19. The third-order valence-corrected chi connectivity index (χ3v) is 5.57. The van der Waals surface area contributed by atoms with E-state index in [4.69, 9.17) is 9.29 Å². The SMILES string of the molecule is CCCN1C[C@H](COC)CC2c3cccc4[nH]cc(c34)C[C@H]21.CS(=O)(=O)O. The van der Waals surface area contributed by atoms with E-state index in [-0.39, 0.29) is 0 Å². The number of nitrogens with zero attached hydrogens (tertiary/aromatic N) is 1. The zero-order chi connectivity index (χ0) is 19.6. The number of aromatic nitrogens is 1. The number of nitrogens with one attached hydrogen (secondary N) is 1. The highest BCUT2D eigenvalue weighted by Crippen LogP contribution is 2.44. The van der Waals surface area contributed by atoms with Gasteiger partial charge < -0.3 is 9.72 Å². The second-order valence-electron chi connectivity index (χ2n) is 7.75. The Morgan fingerprint density at radius 1 is 1.37 bits per heavy atom. The van der Waals surface area contributed by atoms with E-state index in [0.29, 0.717) is 24.1 Å². The molecule has 3 atom stereocenters. The van der Waals surface area contributed by atoms with Crippen molar-refractivity contribution in [3.63, 3.8) is 0 Å². The lowest BCUT2D eigenvalue weighted by Crippen LogP contribution is -2.50. The van der Waals surface area contributed by atoms with Crippen LogP contribution in [-0.4, -0.2) is 62.0 Å². The van der Waals surface area contributed by atoms with Crippen LogP contribution in [0.25, 0.3) is 10.9 Å². The normalized spacial score (nSPS) is 25.0. The van der Waals surface area contributed by atoms with Gasteiger partial charge in [-0.1, -0.05) is 19.1 Å². The molecule has 0 saturated carbocycles. The van der Waals surface area contributed by atoms with Crippen LogP contribution < -0.4 is 0 Å². The Kier molecular flexibility index (Phi) is 6.25. The van der Waals surface area contributed by atoms with E-state index in [9.17, 15) is 8.42 Å². The van der Waals surface area contributed by atoms with Gasteiger partial charge in [-0.25, -0.2) is 0 Å². The van der Waals surface area contributed by atoms with Gasteiger partial charge in [0.05, 0.1) is 12.9 Å². The predicted molar refractivity (Wildman–Crippen MR) is 108 cm³/mol. The average molecular weight is 395 g/mol. The van der Waals surface area contributed by atoms with E-state index in [2.05, 4.69) is 41.2 Å². The highest BCUT2D eigenvalue weighted by atomic mass is 32.2. The molecule has 6 nitrogen and oxygen atoms in total. The summed E-state index contributed by atoms with van der Waals surface area (Å²) >= 11 is 0. The molecule has 1 aromatic carbocycles. The molecule has 1 aliphatic carbocycles. The van der Waals surface area contributed by atoms with E-state index < -0.39 is 10.1 Å². The maximum Gasteiger partial charge on any atom is 0.261 e. The Morgan fingerprint density at radius 2 is 2.11 bits per heavy atom. The highest BCUT2D eigenvalue weighted by Gasteiger charge is 2.40. The number of piperidine rings is 1. The van der Waals surface area contributed by atoms with Crippen molar-refractivity contribution in [2.45, 2.75) is 38.1 Å². The van der Waals surface area contributed by atoms with Crippen LogP contribution in [0.15, 0.2) is 24.4 Å². The fraction of sp³-hybridized carbons (Fsp3) is 0.600. The average Bonchev–Trinajstić information content (AvgIpc) is 3.00. The second kappa shape index (κ2) is 8.31. The van der Waals surface area contributed by atoms with Crippen molar-refractivity contribution in [3.8, 4) is 0 Å². The molecule has 0 amide bonds. The van der Waals surface area contributed by atoms with Crippen LogP contribution in [0.3, 0.4) is 0 Å². The summed E-state index contributed by atoms with van der Waals surface area (Å²) in [5.41, 5.74) is 4.38. The molecule has 2 heterocycles. The molecule has 7 heteroatoms. The maximum absolute atomic E-state index is 9.19. The number of benzene rings is 1. The zero-order valence-corrected chi connectivity index (χ0v) is 17.1. The number of hydrogen-bond acceptors (Lipinski definition) is 4. The molecule has 0 radical (unpaired) electrons. The first-order valence-electron chi connectivity index (χ1n) is 9.56. The van der Waals surface area contributed by atoms with Gasteiger partial charge in [0.25, 0.3) is 10.1 Å². The first kappa shape index (κ1) is 20.3.